The third-order valence-corrected chi connectivity index (χ3v) is 7.83. The highest BCUT2D eigenvalue weighted by molar-refractivity contribution is 7.99. The van der Waals surface area contributed by atoms with Crippen LogP contribution in [0.3, 0.4) is 0 Å². The zero-order valence-corrected chi connectivity index (χ0v) is 21.1. The Bertz CT molecular complexity index is 1010. The highest BCUT2D eigenvalue weighted by Crippen LogP contribution is 2.29. The number of amides is 1. The lowest BCUT2D eigenvalue weighted by Gasteiger charge is -2.37. The molecule has 0 N–H and O–H groups in total. The minimum absolute atomic E-state index is 0.210. The van der Waals surface area contributed by atoms with Gasteiger partial charge in [0, 0.05) is 70.4 Å². The molecule has 1 unspecified atom stereocenters. The van der Waals surface area contributed by atoms with E-state index in [0.717, 1.165) is 51.0 Å². The zero-order valence-electron chi connectivity index (χ0n) is 20.3. The summed E-state index contributed by atoms with van der Waals surface area (Å²) in [5.41, 5.74) is 0.330. The second kappa shape index (κ2) is 11.7. The molecule has 36 heavy (non-hydrogen) atoms. The van der Waals surface area contributed by atoms with Gasteiger partial charge in [0.05, 0.1) is 11.7 Å². The maximum absolute atomic E-state index is 13.0. The number of rotatable bonds is 7. The Morgan fingerprint density at radius 1 is 0.944 bits per heavy atom. The number of hydrogen-bond donors (Lipinski definition) is 0. The number of ether oxygens (including phenoxy) is 1. The van der Waals surface area contributed by atoms with Crippen molar-refractivity contribution in [2.24, 2.45) is 0 Å². The van der Waals surface area contributed by atoms with Gasteiger partial charge in [-0.2, -0.15) is 8.78 Å². The van der Waals surface area contributed by atoms with Crippen molar-refractivity contribution >= 4 is 29.3 Å². The van der Waals surface area contributed by atoms with Crippen LogP contribution in [-0.4, -0.2) is 103 Å². The second-order valence-electron chi connectivity index (χ2n) is 9.33. The third-order valence-electron chi connectivity index (χ3n) is 7.04. The van der Waals surface area contributed by atoms with Crippen molar-refractivity contribution in [1.29, 1.82) is 0 Å². The zero-order chi connectivity index (χ0) is 24.9. The van der Waals surface area contributed by atoms with Gasteiger partial charge < -0.3 is 19.4 Å². The molecule has 1 atom stereocenters. The third kappa shape index (κ3) is 6.07. The fraction of sp³-hybridized carbons (Fsp3) is 0.560. The van der Waals surface area contributed by atoms with E-state index in [-0.39, 0.29) is 5.91 Å². The molecule has 3 fully saturated rings. The molecule has 8 nitrogen and oxygen atoms in total. The number of piperazine rings is 2. The van der Waals surface area contributed by atoms with Gasteiger partial charge in [0.15, 0.2) is 11.6 Å². The fourth-order valence-corrected chi connectivity index (χ4v) is 5.67. The lowest BCUT2D eigenvalue weighted by atomic mass is 10.2. The van der Waals surface area contributed by atoms with Crippen LogP contribution in [0.25, 0.3) is 0 Å². The van der Waals surface area contributed by atoms with Gasteiger partial charge in [0.1, 0.15) is 0 Å². The van der Waals surface area contributed by atoms with Gasteiger partial charge in [0.2, 0.25) is 0 Å². The first-order valence-electron chi connectivity index (χ1n) is 12.6. The van der Waals surface area contributed by atoms with E-state index in [4.69, 9.17) is 4.74 Å². The van der Waals surface area contributed by atoms with Crippen LogP contribution in [0.5, 0.6) is 0 Å². The first-order valence-corrected chi connectivity index (χ1v) is 13.5. The fourth-order valence-electron chi connectivity index (χ4n) is 5.04. The number of benzene rings is 1. The molecule has 11 heteroatoms. The molecule has 0 aliphatic carbocycles. The predicted molar refractivity (Wildman–Crippen MR) is 136 cm³/mol. The van der Waals surface area contributed by atoms with Crippen molar-refractivity contribution in [2.75, 3.05) is 75.3 Å². The van der Waals surface area contributed by atoms with E-state index in [1.807, 2.05) is 12.1 Å². The number of thioether (sulfide) groups is 1. The van der Waals surface area contributed by atoms with Gasteiger partial charge in [-0.25, -0.2) is 0 Å². The average molecular weight is 519 g/mol. The number of carbonyl (C=O) groups is 1. The molecule has 0 spiro atoms. The van der Waals surface area contributed by atoms with E-state index < -0.39 is 5.76 Å². The minimum Gasteiger partial charge on any atom is -0.377 e. The summed E-state index contributed by atoms with van der Waals surface area (Å²) in [5, 5.41) is 8.95. The van der Waals surface area contributed by atoms with E-state index in [9.17, 15) is 13.6 Å². The SMILES string of the molecule is O=C(c1ccccc1SC(F)F)N1CCN(c2ccc(N3CCN(CC4CCCO4)CC3)nn2)CC1. The van der Waals surface area contributed by atoms with Gasteiger partial charge in [-0.15, -0.1) is 10.2 Å². The number of anilines is 2. The molecule has 3 saturated heterocycles. The topological polar surface area (TPSA) is 65.0 Å². The Balaban J connectivity index is 1.11. The van der Waals surface area contributed by atoms with Crippen LogP contribution in [0.15, 0.2) is 41.3 Å². The maximum Gasteiger partial charge on any atom is 0.288 e. The molecule has 4 heterocycles. The Morgan fingerprint density at radius 3 is 2.17 bits per heavy atom. The first-order chi connectivity index (χ1) is 17.6. The lowest BCUT2D eigenvalue weighted by Crippen LogP contribution is -2.49. The molecule has 194 valence electrons. The van der Waals surface area contributed by atoms with Crippen molar-refractivity contribution in [3.63, 3.8) is 0 Å². The first kappa shape index (κ1) is 25.2. The Hall–Kier alpha value is -2.50. The normalized spacial score (nSPS) is 21.4. The standard InChI is InChI=1S/C25H32F2N6O2S/c26-25(27)36-21-6-2-1-5-20(21)24(34)33-15-13-32(14-16-33)23-8-7-22(28-29-23)31-11-9-30(10-12-31)18-19-4-3-17-35-19/h1-2,5-8,19,25H,3-4,9-18H2. The molecule has 3 aliphatic heterocycles. The van der Waals surface area contributed by atoms with Crippen LogP contribution in [0, 0.1) is 0 Å². The number of halogens is 2. The molecule has 0 radical (unpaired) electrons. The summed E-state index contributed by atoms with van der Waals surface area (Å²) in [6.45, 7) is 8.00. The molecular weight excluding hydrogens is 486 g/mol. The highest BCUT2D eigenvalue weighted by atomic mass is 32.2. The van der Waals surface area contributed by atoms with E-state index in [0.29, 0.717) is 54.5 Å². The molecule has 1 amide bonds. The van der Waals surface area contributed by atoms with Crippen LogP contribution in [0.4, 0.5) is 20.4 Å². The summed E-state index contributed by atoms with van der Waals surface area (Å²) < 4.78 is 31.6. The van der Waals surface area contributed by atoms with Crippen molar-refractivity contribution < 1.29 is 18.3 Å². The summed E-state index contributed by atoms with van der Waals surface area (Å²) in [5.74, 6) is -1.10. The largest absolute Gasteiger partial charge is 0.377 e. The Kier molecular flexibility index (Phi) is 8.18. The number of carbonyl (C=O) groups excluding carboxylic acids is 1. The summed E-state index contributed by atoms with van der Waals surface area (Å²) in [4.78, 5) is 21.9. The monoisotopic (exact) mass is 518 g/mol. The number of alkyl halides is 2. The minimum atomic E-state index is -2.56. The van der Waals surface area contributed by atoms with E-state index >= 15 is 0 Å². The number of aromatic nitrogens is 2. The predicted octanol–water partition coefficient (Wildman–Crippen LogP) is 3.05. The number of hydrogen-bond acceptors (Lipinski definition) is 8. The summed E-state index contributed by atoms with van der Waals surface area (Å²) >= 11 is 0.413. The number of nitrogens with zero attached hydrogens (tertiary/aromatic N) is 6. The summed E-state index contributed by atoms with van der Waals surface area (Å²) in [6.07, 6.45) is 2.73. The Labute approximate surface area is 214 Å². The van der Waals surface area contributed by atoms with E-state index in [1.54, 1.807) is 29.2 Å². The Morgan fingerprint density at radius 2 is 1.58 bits per heavy atom. The van der Waals surface area contributed by atoms with Crippen LogP contribution >= 0.6 is 11.8 Å². The van der Waals surface area contributed by atoms with E-state index in [2.05, 4.69) is 24.9 Å². The second-order valence-corrected chi connectivity index (χ2v) is 10.4. The van der Waals surface area contributed by atoms with Crippen molar-refractivity contribution in [2.45, 2.75) is 29.6 Å². The van der Waals surface area contributed by atoms with Crippen molar-refractivity contribution in [1.82, 2.24) is 20.0 Å². The average Bonchev–Trinajstić information content (AvgIpc) is 3.42. The molecular formula is C25H32F2N6O2S. The molecule has 0 saturated carbocycles. The smallest absolute Gasteiger partial charge is 0.288 e. The summed E-state index contributed by atoms with van der Waals surface area (Å²) in [7, 11) is 0. The molecule has 2 aromatic rings. The van der Waals surface area contributed by atoms with Gasteiger partial charge in [0.25, 0.3) is 11.7 Å². The van der Waals surface area contributed by atoms with Crippen LogP contribution in [-0.2, 0) is 4.74 Å². The molecule has 1 aromatic heterocycles. The van der Waals surface area contributed by atoms with Gasteiger partial charge in [-0.1, -0.05) is 23.9 Å². The van der Waals surface area contributed by atoms with Crippen LogP contribution < -0.4 is 9.80 Å². The maximum atomic E-state index is 13.0. The quantitative estimate of drug-likeness (QED) is 0.519. The lowest BCUT2D eigenvalue weighted by molar-refractivity contribution is 0.0712. The van der Waals surface area contributed by atoms with E-state index in [1.165, 1.54) is 12.8 Å². The molecule has 3 aliphatic rings. The summed E-state index contributed by atoms with van der Waals surface area (Å²) in [6, 6.07) is 10.6. The van der Waals surface area contributed by atoms with Crippen LogP contribution in [0.1, 0.15) is 23.2 Å². The van der Waals surface area contributed by atoms with Crippen LogP contribution in [0.2, 0.25) is 0 Å². The van der Waals surface area contributed by atoms with Crippen molar-refractivity contribution in [3.05, 3.63) is 42.0 Å². The highest BCUT2D eigenvalue weighted by Gasteiger charge is 2.26. The van der Waals surface area contributed by atoms with Gasteiger partial charge in [-0.05, 0) is 37.1 Å². The molecule has 1 aromatic carbocycles. The molecule has 5 rings (SSSR count). The molecule has 0 bridgehead atoms. The van der Waals surface area contributed by atoms with Crippen molar-refractivity contribution in [3.8, 4) is 0 Å². The van der Waals surface area contributed by atoms with Gasteiger partial charge >= 0.3 is 0 Å². The van der Waals surface area contributed by atoms with Gasteiger partial charge in [-0.3, -0.25) is 9.69 Å².